The SMILES string of the molecule is C[C@@]1(F)[C@H](n2ccc(=O)nc2NO)O[C@](C)(CO)[C@H]1O. The van der Waals surface area contributed by atoms with Crippen LogP contribution in [0, 0.1) is 0 Å². The summed E-state index contributed by atoms with van der Waals surface area (Å²) in [4.78, 5) is 14.6. The molecule has 0 amide bonds. The molecule has 20 heavy (non-hydrogen) atoms. The molecule has 112 valence electrons. The molecule has 8 nitrogen and oxygen atoms in total. The van der Waals surface area contributed by atoms with Gasteiger partial charge in [-0.15, -0.1) is 0 Å². The van der Waals surface area contributed by atoms with Crippen LogP contribution in [0.4, 0.5) is 10.3 Å². The second kappa shape index (κ2) is 4.77. The van der Waals surface area contributed by atoms with Crippen molar-refractivity contribution in [1.82, 2.24) is 9.55 Å². The number of aliphatic hydroxyl groups is 2. The lowest BCUT2D eigenvalue weighted by Crippen LogP contribution is -2.47. The van der Waals surface area contributed by atoms with Crippen LogP contribution in [-0.4, -0.2) is 49.0 Å². The molecule has 1 saturated heterocycles. The van der Waals surface area contributed by atoms with Gasteiger partial charge in [0.05, 0.1) is 6.61 Å². The summed E-state index contributed by atoms with van der Waals surface area (Å²) in [6.07, 6.45) is -1.81. The molecule has 1 fully saturated rings. The van der Waals surface area contributed by atoms with Gasteiger partial charge in [0.2, 0.25) is 5.95 Å². The van der Waals surface area contributed by atoms with Crippen molar-refractivity contribution < 1.29 is 24.5 Å². The summed E-state index contributed by atoms with van der Waals surface area (Å²) in [6, 6.07) is 1.06. The summed E-state index contributed by atoms with van der Waals surface area (Å²) in [7, 11) is 0. The molecule has 1 aromatic heterocycles. The van der Waals surface area contributed by atoms with Crippen LogP contribution in [0.25, 0.3) is 0 Å². The molecule has 0 bridgehead atoms. The molecule has 0 unspecified atom stereocenters. The van der Waals surface area contributed by atoms with E-state index in [1.165, 1.54) is 13.1 Å². The van der Waals surface area contributed by atoms with Crippen LogP contribution in [0.15, 0.2) is 17.1 Å². The zero-order valence-electron chi connectivity index (χ0n) is 10.9. The van der Waals surface area contributed by atoms with E-state index in [4.69, 9.17) is 9.94 Å². The lowest BCUT2D eigenvalue weighted by molar-refractivity contribution is -0.117. The van der Waals surface area contributed by atoms with E-state index in [1.54, 1.807) is 5.48 Å². The molecule has 2 heterocycles. The number of nitrogens with one attached hydrogen (secondary N) is 1. The Balaban J connectivity index is 2.51. The van der Waals surface area contributed by atoms with E-state index in [0.29, 0.717) is 0 Å². The Labute approximate surface area is 113 Å². The number of hydrogen-bond donors (Lipinski definition) is 4. The number of anilines is 1. The molecule has 9 heteroatoms. The molecule has 1 aliphatic rings. The standard InChI is InChI=1S/C11H16FN3O5/c1-10(5-16)7(18)11(2,12)8(20-10)15-4-3-6(17)13-9(15)14-19/h3-4,7-8,16,18-19H,5H2,1-2H3,(H,13,14,17)/t7-,8-,10-,11+/m1/s1. The first-order valence-electron chi connectivity index (χ1n) is 5.91. The first kappa shape index (κ1) is 14.9. The summed E-state index contributed by atoms with van der Waals surface area (Å²) in [5.74, 6) is -0.333. The average Bonchev–Trinajstić information content (AvgIpc) is 2.60. The van der Waals surface area contributed by atoms with Crippen molar-refractivity contribution in [3.63, 3.8) is 0 Å². The second-order valence-electron chi connectivity index (χ2n) is 5.10. The highest BCUT2D eigenvalue weighted by atomic mass is 19.1. The maximum absolute atomic E-state index is 14.7. The molecule has 0 aromatic carbocycles. The first-order chi connectivity index (χ1) is 9.26. The number of hydrogen-bond acceptors (Lipinski definition) is 7. The topological polar surface area (TPSA) is 117 Å². The van der Waals surface area contributed by atoms with Crippen LogP contribution >= 0.6 is 0 Å². The molecule has 1 aliphatic heterocycles. The normalized spacial score (nSPS) is 37.1. The van der Waals surface area contributed by atoms with Gasteiger partial charge in [-0.2, -0.15) is 4.98 Å². The van der Waals surface area contributed by atoms with E-state index in [-0.39, 0.29) is 5.95 Å². The molecule has 0 radical (unpaired) electrons. The maximum Gasteiger partial charge on any atom is 0.274 e. The Morgan fingerprint density at radius 2 is 2.25 bits per heavy atom. The molecule has 0 spiro atoms. The molecule has 4 atom stereocenters. The predicted octanol–water partition coefficient (Wildman–Crippen LogP) is -0.587. The first-order valence-corrected chi connectivity index (χ1v) is 5.91. The van der Waals surface area contributed by atoms with Crippen LogP contribution in [0.5, 0.6) is 0 Å². The number of alkyl halides is 1. The molecule has 0 saturated carbocycles. The number of aromatic nitrogens is 2. The van der Waals surface area contributed by atoms with E-state index in [0.717, 1.165) is 17.6 Å². The monoisotopic (exact) mass is 289 g/mol. The highest BCUT2D eigenvalue weighted by Gasteiger charge is 2.61. The highest BCUT2D eigenvalue weighted by Crippen LogP contribution is 2.46. The van der Waals surface area contributed by atoms with Crippen LogP contribution in [0.3, 0.4) is 0 Å². The van der Waals surface area contributed by atoms with Crippen molar-refractivity contribution in [1.29, 1.82) is 0 Å². The van der Waals surface area contributed by atoms with Gasteiger partial charge in [-0.05, 0) is 13.8 Å². The zero-order chi connectivity index (χ0) is 15.1. The Morgan fingerprint density at radius 3 is 2.75 bits per heavy atom. The van der Waals surface area contributed by atoms with Gasteiger partial charge >= 0.3 is 0 Å². The Bertz CT molecular complexity index is 563. The predicted molar refractivity (Wildman–Crippen MR) is 65.0 cm³/mol. The van der Waals surface area contributed by atoms with Crippen molar-refractivity contribution in [2.45, 2.75) is 37.4 Å². The fourth-order valence-corrected chi connectivity index (χ4v) is 2.31. The van der Waals surface area contributed by atoms with E-state index in [9.17, 15) is 19.4 Å². The molecule has 4 N–H and O–H groups in total. The Morgan fingerprint density at radius 1 is 1.60 bits per heavy atom. The minimum absolute atomic E-state index is 0.333. The van der Waals surface area contributed by atoms with Crippen LogP contribution in [0.1, 0.15) is 20.1 Å². The number of aliphatic hydroxyl groups excluding tert-OH is 2. The number of rotatable bonds is 3. The van der Waals surface area contributed by atoms with Crippen LogP contribution in [-0.2, 0) is 4.74 Å². The van der Waals surface area contributed by atoms with Gasteiger partial charge < -0.3 is 14.9 Å². The van der Waals surface area contributed by atoms with Crippen molar-refractivity contribution >= 4 is 5.95 Å². The Hall–Kier alpha value is -1.55. The van der Waals surface area contributed by atoms with Crippen molar-refractivity contribution in [3.05, 3.63) is 22.6 Å². The fourth-order valence-electron chi connectivity index (χ4n) is 2.31. The lowest BCUT2D eigenvalue weighted by Gasteiger charge is -2.27. The van der Waals surface area contributed by atoms with Crippen LogP contribution in [0.2, 0.25) is 0 Å². The fraction of sp³-hybridized carbons (Fsp3) is 0.636. The lowest BCUT2D eigenvalue weighted by atomic mass is 9.90. The van der Waals surface area contributed by atoms with Crippen LogP contribution < -0.4 is 11.0 Å². The minimum Gasteiger partial charge on any atom is -0.393 e. The van der Waals surface area contributed by atoms with Gasteiger partial charge in [0.1, 0.15) is 11.7 Å². The molecular weight excluding hydrogens is 273 g/mol. The number of halogens is 1. The van der Waals surface area contributed by atoms with E-state index in [2.05, 4.69) is 4.98 Å². The summed E-state index contributed by atoms with van der Waals surface area (Å²) in [6.45, 7) is 1.86. The maximum atomic E-state index is 14.7. The Kier molecular flexibility index (Phi) is 3.54. The van der Waals surface area contributed by atoms with Gasteiger partial charge in [0.15, 0.2) is 11.9 Å². The highest BCUT2D eigenvalue weighted by molar-refractivity contribution is 5.23. The molecule has 2 rings (SSSR count). The van der Waals surface area contributed by atoms with Gasteiger partial charge in [0, 0.05) is 12.3 Å². The second-order valence-corrected chi connectivity index (χ2v) is 5.10. The van der Waals surface area contributed by atoms with E-state index in [1.807, 2.05) is 0 Å². The van der Waals surface area contributed by atoms with Gasteiger partial charge in [-0.3, -0.25) is 14.6 Å². The van der Waals surface area contributed by atoms with Gasteiger partial charge in [0.25, 0.3) is 5.56 Å². The third kappa shape index (κ3) is 2.08. The smallest absolute Gasteiger partial charge is 0.274 e. The van der Waals surface area contributed by atoms with E-state index >= 15 is 0 Å². The van der Waals surface area contributed by atoms with Crippen molar-refractivity contribution in [3.8, 4) is 0 Å². The third-order valence-electron chi connectivity index (χ3n) is 3.48. The quantitative estimate of drug-likeness (QED) is 0.550. The van der Waals surface area contributed by atoms with Gasteiger partial charge in [-0.25, -0.2) is 9.87 Å². The summed E-state index contributed by atoms with van der Waals surface area (Å²) in [5, 5.41) is 28.2. The summed E-state index contributed by atoms with van der Waals surface area (Å²) >= 11 is 0. The largest absolute Gasteiger partial charge is 0.393 e. The molecular formula is C11H16FN3O5. The summed E-state index contributed by atoms with van der Waals surface area (Å²) < 4.78 is 21.2. The van der Waals surface area contributed by atoms with Crippen molar-refractivity contribution in [2.75, 3.05) is 12.1 Å². The molecule has 1 aromatic rings. The van der Waals surface area contributed by atoms with E-state index < -0.39 is 35.8 Å². The molecule has 0 aliphatic carbocycles. The number of ether oxygens (including phenoxy) is 1. The third-order valence-corrected chi connectivity index (χ3v) is 3.48. The van der Waals surface area contributed by atoms with Crippen molar-refractivity contribution in [2.24, 2.45) is 0 Å². The number of nitrogens with zero attached hydrogens (tertiary/aromatic N) is 2. The minimum atomic E-state index is -2.26. The summed E-state index contributed by atoms with van der Waals surface area (Å²) in [5.41, 5.74) is -2.74. The average molecular weight is 289 g/mol. The zero-order valence-corrected chi connectivity index (χ0v) is 10.9. The van der Waals surface area contributed by atoms with Gasteiger partial charge in [-0.1, -0.05) is 0 Å².